The first-order valence-corrected chi connectivity index (χ1v) is 11.0. The van der Waals surface area contributed by atoms with Gasteiger partial charge in [-0.25, -0.2) is 0 Å². The molecule has 3 heterocycles. The molecule has 0 aliphatic carbocycles. The Morgan fingerprint density at radius 1 is 1.19 bits per heavy atom. The molecule has 1 fully saturated rings. The van der Waals surface area contributed by atoms with Crippen molar-refractivity contribution in [3.63, 3.8) is 0 Å². The Kier molecular flexibility index (Phi) is 7.14. The second-order valence-electron chi connectivity index (χ2n) is 7.74. The number of H-pyrrole nitrogens is 1. The fourth-order valence-electron chi connectivity index (χ4n) is 3.82. The van der Waals surface area contributed by atoms with Gasteiger partial charge in [0.2, 0.25) is 0 Å². The number of ether oxygens (including phenoxy) is 1. The highest BCUT2D eigenvalue weighted by Gasteiger charge is 2.25. The van der Waals surface area contributed by atoms with Gasteiger partial charge in [-0.3, -0.25) is 14.5 Å². The molecule has 0 atom stereocenters. The lowest BCUT2D eigenvalue weighted by Crippen LogP contribution is -2.38. The first-order valence-electron chi connectivity index (χ1n) is 11.0. The smallest absolute Gasteiger partial charge is 0.267 e. The number of nitrogens with zero attached hydrogens (tertiary/aromatic N) is 2. The number of ketones is 1. The van der Waals surface area contributed by atoms with Gasteiger partial charge in [0.05, 0.1) is 18.8 Å². The normalized spacial score (nSPS) is 14.4. The third-order valence-corrected chi connectivity index (χ3v) is 5.59. The molecule has 1 aliphatic heterocycles. The molecule has 2 N–H and O–H groups in total. The molecule has 1 aliphatic rings. The number of amides is 1. The predicted molar refractivity (Wildman–Crippen MR) is 120 cm³/mol. The summed E-state index contributed by atoms with van der Waals surface area (Å²) in [5, 5.41) is 7.05. The summed E-state index contributed by atoms with van der Waals surface area (Å²) >= 11 is 0. The molecule has 3 aromatic rings. The minimum atomic E-state index is -0.227. The quantitative estimate of drug-likeness (QED) is 0.395. The topological polar surface area (TPSA) is 100 Å². The van der Waals surface area contributed by atoms with Crippen molar-refractivity contribution in [2.75, 3.05) is 39.4 Å². The van der Waals surface area contributed by atoms with Crippen molar-refractivity contribution < 1.29 is 18.8 Å². The maximum atomic E-state index is 13.3. The molecule has 0 bridgehead atoms. The van der Waals surface area contributed by atoms with Gasteiger partial charge < -0.3 is 19.6 Å². The fraction of sp³-hybridized carbons (Fsp3) is 0.375. The lowest BCUT2D eigenvalue weighted by Gasteiger charge is -2.26. The standard InChI is InChI=1S/C24H28N4O4/c1-2-20-21(22(27-32-20)17-7-4-3-5-8-17)23(29)18-15-19(26-16-18)24(30)25-9-6-10-28-11-13-31-14-12-28/h3-5,7-8,15-16,26H,2,6,9-14H2,1H3,(H,25,30). The van der Waals surface area contributed by atoms with Crippen LogP contribution in [0, 0.1) is 0 Å². The van der Waals surface area contributed by atoms with Crippen molar-refractivity contribution in [1.29, 1.82) is 0 Å². The first-order chi connectivity index (χ1) is 15.7. The van der Waals surface area contributed by atoms with Crippen LogP contribution in [0.1, 0.15) is 45.5 Å². The summed E-state index contributed by atoms with van der Waals surface area (Å²) in [5.74, 6) is 0.0871. The zero-order chi connectivity index (χ0) is 22.3. The summed E-state index contributed by atoms with van der Waals surface area (Å²) in [5.41, 5.74) is 2.53. The van der Waals surface area contributed by atoms with Gasteiger partial charge in [-0.1, -0.05) is 42.4 Å². The number of hydrogen-bond acceptors (Lipinski definition) is 6. The molecule has 0 spiro atoms. The molecule has 1 saturated heterocycles. The summed E-state index contributed by atoms with van der Waals surface area (Å²) in [6.07, 6.45) is 2.97. The summed E-state index contributed by atoms with van der Waals surface area (Å²) in [7, 11) is 0. The number of carbonyl (C=O) groups is 2. The van der Waals surface area contributed by atoms with E-state index in [-0.39, 0.29) is 11.7 Å². The van der Waals surface area contributed by atoms with Crippen LogP contribution in [0.2, 0.25) is 0 Å². The highest BCUT2D eigenvalue weighted by Crippen LogP contribution is 2.28. The third-order valence-electron chi connectivity index (χ3n) is 5.59. The van der Waals surface area contributed by atoms with E-state index in [1.165, 1.54) is 0 Å². The van der Waals surface area contributed by atoms with E-state index in [0.717, 1.165) is 44.8 Å². The van der Waals surface area contributed by atoms with E-state index in [1.807, 2.05) is 37.3 Å². The molecule has 1 aromatic carbocycles. The average molecular weight is 437 g/mol. The average Bonchev–Trinajstić information content (AvgIpc) is 3.50. The van der Waals surface area contributed by atoms with Crippen LogP contribution < -0.4 is 5.32 Å². The largest absolute Gasteiger partial charge is 0.379 e. The molecule has 2 aromatic heterocycles. The van der Waals surface area contributed by atoms with Gasteiger partial charge in [0, 0.05) is 43.4 Å². The number of nitrogens with one attached hydrogen (secondary N) is 2. The SMILES string of the molecule is CCc1onc(-c2ccccc2)c1C(=O)c1c[nH]c(C(=O)NCCCN2CCOCC2)c1. The van der Waals surface area contributed by atoms with Gasteiger partial charge >= 0.3 is 0 Å². The van der Waals surface area contributed by atoms with E-state index in [0.29, 0.717) is 41.2 Å². The second kappa shape index (κ2) is 10.4. The summed E-state index contributed by atoms with van der Waals surface area (Å²) < 4.78 is 10.8. The van der Waals surface area contributed by atoms with Crippen molar-refractivity contribution in [2.45, 2.75) is 19.8 Å². The minimum absolute atomic E-state index is 0.218. The zero-order valence-electron chi connectivity index (χ0n) is 18.2. The second-order valence-corrected chi connectivity index (χ2v) is 7.74. The van der Waals surface area contributed by atoms with E-state index in [1.54, 1.807) is 12.3 Å². The molecule has 1 amide bonds. The first kappa shape index (κ1) is 22.0. The molecular formula is C24H28N4O4. The molecular weight excluding hydrogens is 408 g/mol. The number of aromatic nitrogens is 2. The van der Waals surface area contributed by atoms with Crippen LogP contribution in [0.4, 0.5) is 0 Å². The molecule has 0 saturated carbocycles. The Balaban J connectivity index is 1.40. The van der Waals surface area contributed by atoms with Crippen molar-refractivity contribution >= 4 is 11.7 Å². The zero-order valence-corrected chi connectivity index (χ0v) is 18.2. The van der Waals surface area contributed by atoms with Crippen molar-refractivity contribution in [2.24, 2.45) is 0 Å². The number of hydrogen-bond donors (Lipinski definition) is 2. The van der Waals surface area contributed by atoms with E-state index in [4.69, 9.17) is 9.26 Å². The Morgan fingerprint density at radius 2 is 1.97 bits per heavy atom. The van der Waals surface area contributed by atoms with Crippen LogP contribution in [0.15, 0.2) is 47.1 Å². The molecule has 8 heteroatoms. The molecule has 4 rings (SSSR count). The highest BCUT2D eigenvalue weighted by molar-refractivity contribution is 6.13. The van der Waals surface area contributed by atoms with Gasteiger partial charge in [-0.05, 0) is 19.0 Å². The van der Waals surface area contributed by atoms with Crippen molar-refractivity contribution in [3.05, 3.63) is 65.2 Å². The molecule has 0 unspecified atom stereocenters. The molecule has 32 heavy (non-hydrogen) atoms. The number of morpholine rings is 1. The Hall–Kier alpha value is -3.23. The van der Waals surface area contributed by atoms with Gasteiger partial charge in [0.25, 0.3) is 5.91 Å². The third kappa shape index (κ3) is 4.98. The van der Waals surface area contributed by atoms with Gasteiger partial charge in [-0.2, -0.15) is 0 Å². The van der Waals surface area contributed by atoms with Gasteiger partial charge in [0.15, 0.2) is 5.78 Å². The van der Waals surface area contributed by atoms with Crippen LogP contribution in [-0.4, -0.2) is 66.1 Å². The van der Waals surface area contributed by atoms with Crippen LogP contribution in [-0.2, 0) is 11.2 Å². The summed E-state index contributed by atoms with van der Waals surface area (Å²) in [4.78, 5) is 31.1. The summed E-state index contributed by atoms with van der Waals surface area (Å²) in [6.45, 7) is 6.81. The Bertz CT molecular complexity index is 1050. The number of benzene rings is 1. The predicted octanol–water partition coefficient (Wildman–Crippen LogP) is 2.92. The Morgan fingerprint density at radius 3 is 2.72 bits per heavy atom. The summed E-state index contributed by atoms with van der Waals surface area (Å²) in [6, 6.07) is 11.1. The highest BCUT2D eigenvalue weighted by atomic mass is 16.5. The van der Waals surface area contributed by atoms with Crippen LogP contribution in [0.25, 0.3) is 11.3 Å². The number of rotatable bonds is 9. The number of aryl methyl sites for hydroxylation is 1. The monoisotopic (exact) mass is 436 g/mol. The van der Waals surface area contributed by atoms with Crippen LogP contribution >= 0.6 is 0 Å². The molecule has 168 valence electrons. The van der Waals surface area contributed by atoms with Crippen molar-refractivity contribution in [1.82, 2.24) is 20.4 Å². The lowest BCUT2D eigenvalue weighted by molar-refractivity contribution is 0.0374. The molecule has 0 radical (unpaired) electrons. The molecule has 8 nitrogen and oxygen atoms in total. The van der Waals surface area contributed by atoms with E-state index in [2.05, 4.69) is 20.4 Å². The van der Waals surface area contributed by atoms with E-state index >= 15 is 0 Å². The minimum Gasteiger partial charge on any atom is -0.379 e. The van der Waals surface area contributed by atoms with Crippen LogP contribution in [0.3, 0.4) is 0 Å². The van der Waals surface area contributed by atoms with Crippen molar-refractivity contribution in [3.8, 4) is 11.3 Å². The van der Waals surface area contributed by atoms with Gasteiger partial charge in [-0.15, -0.1) is 0 Å². The maximum Gasteiger partial charge on any atom is 0.267 e. The van der Waals surface area contributed by atoms with Gasteiger partial charge in [0.1, 0.15) is 17.1 Å². The Labute approximate surface area is 186 Å². The fourth-order valence-corrected chi connectivity index (χ4v) is 3.82. The van der Waals surface area contributed by atoms with E-state index in [9.17, 15) is 9.59 Å². The maximum absolute atomic E-state index is 13.3. The number of carbonyl (C=O) groups excluding carboxylic acids is 2. The number of aromatic amines is 1. The van der Waals surface area contributed by atoms with Crippen LogP contribution in [0.5, 0.6) is 0 Å². The van der Waals surface area contributed by atoms with E-state index < -0.39 is 0 Å². The lowest BCUT2D eigenvalue weighted by atomic mass is 9.98.